The summed E-state index contributed by atoms with van der Waals surface area (Å²) in [5.41, 5.74) is 3.82. The maximum absolute atomic E-state index is 5.35. The number of nitrogens with one attached hydrogen (secondary N) is 1. The number of methoxy groups -OCH3 is 1. The summed E-state index contributed by atoms with van der Waals surface area (Å²) in [4.78, 5) is 10.7. The Labute approximate surface area is 135 Å². The molecular formula is C16H19N5O2. The van der Waals surface area contributed by atoms with E-state index in [0.717, 1.165) is 43.4 Å². The molecule has 0 radical (unpaired) electrons. The fourth-order valence-electron chi connectivity index (χ4n) is 2.31. The zero-order valence-corrected chi connectivity index (χ0v) is 13.0. The Bertz CT molecular complexity index is 671. The summed E-state index contributed by atoms with van der Waals surface area (Å²) in [5.74, 6) is 2.29. The summed E-state index contributed by atoms with van der Waals surface area (Å²) in [6, 6.07) is 9.56. The van der Waals surface area contributed by atoms with Crippen LogP contribution in [-0.4, -0.2) is 49.6 Å². The van der Waals surface area contributed by atoms with Gasteiger partial charge in [-0.05, 0) is 12.1 Å². The zero-order chi connectivity index (χ0) is 15.9. The molecule has 0 spiro atoms. The zero-order valence-electron chi connectivity index (χ0n) is 13.0. The van der Waals surface area contributed by atoms with E-state index in [2.05, 4.69) is 25.4 Å². The average Bonchev–Trinajstić information content (AvgIpc) is 2.63. The average molecular weight is 313 g/mol. The summed E-state index contributed by atoms with van der Waals surface area (Å²) < 4.78 is 10.6. The third-order valence-corrected chi connectivity index (χ3v) is 3.51. The molecule has 0 aliphatic carbocycles. The number of hydrazone groups is 1. The van der Waals surface area contributed by atoms with E-state index in [0.29, 0.717) is 5.82 Å². The van der Waals surface area contributed by atoms with Crippen LogP contribution in [-0.2, 0) is 4.74 Å². The first-order chi connectivity index (χ1) is 11.4. The summed E-state index contributed by atoms with van der Waals surface area (Å²) >= 11 is 0. The van der Waals surface area contributed by atoms with Crippen LogP contribution in [0.4, 0.5) is 11.6 Å². The summed E-state index contributed by atoms with van der Waals surface area (Å²) in [5, 5.41) is 4.22. The lowest BCUT2D eigenvalue weighted by Gasteiger charge is -2.27. The van der Waals surface area contributed by atoms with E-state index in [-0.39, 0.29) is 0 Å². The third-order valence-electron chi connectivity index (χ3n) is 3.51. The van der Waals surface area contributed by atoms with Gasteiger partial charge in [0.2, 0.25) is 0 Å². The van der Waals surface area contributed by atoms with Gasteiger partial charge in [-0.2, -0.15) is 5.10 Å². The predicted molar refractivity (Wildman–Crippen MR) is 89.3 cm³/mol. The van der Waals surface area contributed by atoms with Crippen LogP contribution >= 0.6 is 0 Å². The first-order valence-corrected chi connectivity index (χ1v) is 7.43. The number of ether oxygens (including phenoxy) is 2. The first-order valence-electron chi connectivity index (χ1n) is 7.43. The normalized spacial score (nSPS) is 14.9. The van der Waals surface area contributed by atoms with Crippen LogP contribution in [0.1, 0.15) is 5.56 Å². The molecule has 3 rings (SSSR count). The highest BCUT2D eigenvalue weighted by atomic mass is 16.5. The molecule has 0 saturated carbocycles. The van der Waals surface area contributed by atoms with Crippen molar-refractivity contribution in [1.29, 1.82) is 0 Å². The number of hydrogen-bond donors (Lipinski definition) is 1. The van der Waals surface area contributed by atoms with Gasteiger partial charge >= 0.3 is 0 Å². The second-order valence-corrected chi connectivity index (χ2v) is 4.97. The molecule has 0 amide bonds. The van der Waals surface area contributed by atoms with E-state index >= 15 is 0 Å². The van der Waals surface area contributed by atoms with Gasteiger partial charge in [-0.3, -0.25) is 5.43 Å². The summed E-state index contributed by atoms with van der Waals surface area (Å²) in [7, 11) is 1.64. The number of morpholine rings is 1. The van der Waals surface area contributed by atoms with Crippen LogP contribution in [0.15, 0.2) is 41.8 Å². The molecule has 1 aromatic heterocycles. The van der Waals surface area contributed by atoms with Crippen LogP contribution in [0.2, 0.25) is 0 Å². The lowest BCUT2D eigenvalue weighted by molar-refractivity contribution is 0.122. The van der Waals surface area contributed by atoms with Gasteiger partial charge in [0.15, 0.2) is 5.82 Å². The molecule has 1 N–H and O–H groups in total. The van der Waals surface area contributed by atoms with Crippen LogP contribution in [0.25, 0.3) is 0 Å². The highest BCUT2D eigenvalue weighted by Crippen LogP contribution is 2.16. The predicted octanol–water partition coefficient (Wildman–Crippen LogP) is 1.77. The number of nitrogens with zero attached hydrogens (tertiary/aromatic N) is 4. The number of hydrogen-bond acceptors (Lipinski definition) is 7. The lowest BCUT2D eigenvalue weighted by Crippen LogP contribution is -2.36. The largest absolute Gasteiger partial charge is 0.496 e. The molecule has 0 unspecified atom stereocenters. The number of benzene rings is 1. The van der Waals surface area contributed by atoms with Gasteiger partial charge in [-0.15, -0.1) is 0 Å². The molecule has 1 fully saturated rings. The van der Waals surface area contributed by atoms with Crippen molar-refractivity contribution in [1.82, 2.24) is 9.97 Å². The molecule has 1 saturated heterocycles. The molecule has 120 valence electrons. The molecule has 1 aliphatic rings. The molecule has 7 nitrogen and oxygen atoms in total. The fourth-order valence-corrected chi connectivity index (χ4v) is 2.31. The van der Waals surface area contributed by atoms with E-state index < -0.39 is 0 Å². The van der Waals surface area contributed by atoms with Crippen LogP contribution in [0, 0.1) is 0 Å². The molecule has 23 heavy (non-hydrogen) atoms. The van der Waals surface area contributed by atoms with Crippen LogP contribution in [0.5, 0.6) is 5.75 Å². The van der Waals surface area contributed by atoms with Crippen molar-refractivity contribution in [2.24, 2.45) is 5.10 Å². The minimum absolute atomic E-state index is 0.646. The second kappa shape index (κ2) is 7.55. The Balaban J connectivity index is 1.67. The molecule has 1 aliphatic heterocycles. The minimum atomic E-state index is 0.646. The van der Waals surface area contributed by atoms with E-state index in [1.54, 1.807) is 13.3 Å². The van der Waals surface area contributed by atoms with E-state index in [4.69, 9.17) is 9.47 Å². The molecule has 0 atom stereocenters. The van der Waals surface area contributed by atoms with Crippen molar-refractivity contribution < 1.29 is 9.47 Å². The van der Waals surface area contributed by atoms with Crippen molar-refractivity contribution in [3.05, 3.63) is 42.2 Å². The van der Waals surface area contributed by atoms with Crippen LogP contribution in [0.3, 0.4) is 0 Å². The fraction of sp³-hybridized carbons (Fsp3) is 0.312. The highest BCUT2D eigenvalue weighted by Gasteiger charge is 2.12. The lowest BCUT2D eigenvalue weighted by atomic mass is 10.2. The van der Waals surface area contributed by atoms with Gasteiger partial charge in [-0.1, -0.05) is 12.1 Å². The Kier molecular flexibility index (Phi) is 5.00. The number of para-hydroxylation sites is 1. The van der Waals surface area contributed by atoms with Crippen molar-refractivity contribution in [2.45, 2.75) is 0 Å². The molecule has 0 bridgehead atoms. The monoisotopic (exact) mass is 313 g/mol. The standard InChI is InChI=1S/C16H19N5O2/c1-22-14-5-3-2-4-13(14)11-19-20-15-10-16(18-12-17-15)21-6-8-23-9-7-21/h2-5,10-12H,6-9H2,1H3,(H,17,18,20)/b19-11-. The molecule has 7 heteroatoms. The molecular weight excluding hydrogens is 294 g/mol. The van der Waals surface area contributed by atoms with Gasteiger partial charge < -0.3 is 14.4 Å². The quantitative estimate of drug-likeness (QED) is 0.670. The minimum Gasteiger partial charge on any atom is -0.496 e. The van der Waals surface area contributed by atoms with Crippen molar-refractivity contribution in [3.8, 4) is 5.75 Å². The third kappa shape index (κ3) is 3.95. The van der Waals surface area contributed by atoms with Crippen molar-refractivity contribution >= 4 is 17.9 Å². The Morgan fingerprint density at radius 1 is 1.26 bits per heavy atom. The van der Waals surface area contributed by atoms with Gasteiger partial charge in [0.1, 0.15) is 17.9 Å². The maximum Gasteiger partial charge on any atom is 0.151 e. The van der Waals surface area contributed by atoms with Gasteiger partial charge in [0.05, 0.1) is 26.5 Å². The number of anilines is 2. The van der Waals surface area contributed by atoms with Crippen molar-refractivity contribution in [2.75, 3.05) is 43.7 Å². The SMILES string of the molecule is COc1ccccc1/C=N\Nc1cc(N2CCOCC2)ncn1. The van der Waals surface area contributed by atoms with Gasteiger partial charge in [0.25, 0.3) is 0 Å². The first kappa shape index (κ1) is 15.2. The van der Waals surface area contributed by atoms with Gasteiger partial charge in [0, 0.05) is 24.7 Å². The van der Waals surface area contributed by atoms with Crippen molar-refractivity contribution in [3.63, 3.8) is 0 Å². The molecule has 2 heterocycles. The van der Waals surface area contributed by atoms with E-state index in [1.807, 2.05) is 30.3 Å². The number of aromatic nitrogens is 2. The summed E-state index contributed by atoms with van der Waals surface area (Å²) in [6.07, 6.45) is 3.24. The Morgan fingerprint density at radius 2 is 2.09 bits per heavy atom. The van der Waals surface area contributed by atoms with E-state index in [9.17, 15) is 0 Å². The maximum atomic E-state index is 5.35. The number of rotatable bonds is 5. The smallest absolute Gasteiger partial charge is 0.151 e. The second-order valence-electron chi connectivity index (χ2n) is 4.97. The summed E-state index contributed by atoms with van der Waals surface area (Å²) in [6.45, 7) is 3.11. The highest BCUT2D eigenvalue weighted by molar-refractivity contribution is 5.83. The Morgan fingerprint density at radius 3 is 2.91 bits per heavy atom. The van der Waals surface area contributed by atoms with E-state index in [1.165, 1.54) is 6.33 Å². The van der Waals surface area contributed by atoms with Crippen LogP contribution < -0.4 is 15.1 Å². The topological polar surface area (TPSA) is 71.9 Å². The van der Waals surface area contributed by atoms with Gasteiger partial charge in [-0.25, -0.2) is 9.97 Å². The molecule has 1 aromatic carbocycles. The molecule has 2 aromatic rings. The Hall–Kier alpha value is -2.67.